The van der Waals surface area contributed by atoms with Crippen LogP contribution in [-0.4, -0.2) is 61.1 Å². The van der Waals surface area contributed by atoms with Crippen molar-refractivity contribution in [3.63, 3.8) is 0 Å². The van der Waals surface area contributed by atoms with E-state index in [0.29, 0.717) is 18.7 Å². The SMILES string of the molecule is CC(O[Si](c1ccccc1)(c1ccccc1)C(C)(C)C)C(=O)CCCCC[C@H](NC(=O)[C@@H]1CC12CCN(C)CC2)c1ncc(-c2ccc(F)cc2)[nH]1. The maximum atomic E-state index is 13.7. The number of nitrogens with zero attached hydrogens (tertiary/aromatic N) is 2. The summed E-state index contributed by atoms with van der Waals surface area (Å²) in [5.41, 5.74) is 1.76. The molecule has 1 aromatic heterocycles. The first-order valence-electron chi connectivity index (χ1n) is 19.0. The standard InChI is InChI=1S/C43H55FN4O3Si/c1-31(51-52(42(2,3)4,34-15-9-6-10-16-34)35-17-11-7-12-18-35)39(49)20-14-8-13-19-37(40-45-30-38(46-40)32-21-23-33(44)24-22-32)47-41(50)36-29-43(36)25-27-48(5)28-26-43/h6-7,9-12,15-18,21-24,30-31,36-37H,8,13-14,19-20,25-29H2,1-5H3,(H,45,46)(H,47,50)/t31?,36-,37-/m0/s1. The van der Waals surface area contributed by atoms with Crippen molar-refractivity contribution in [1.82, 2.24) is 20.2 Å². The highest BCUT2D eigenvalue weighted by atomic mass is 28.4. The number of H-pyrrole nitrogens is 1. The number of piperidine rings is 1. The van der Waals surface area contributed by atoms with Gasteiger partial charge in [-0.3, -0.25) is 9.59 Å². The number of hydrogen-bond acceptors (Lipinski definition) is 5. The van der Waals surface area contributed by atoms with Crippen molar-refractivity contribution < 1.29 is 18.4 Å². The molecular weight excluding hydrogens is 668 g/mol. The number of nitrogens with one attached hydrogen (secondary N) is 2. The fourth-order valence-electron chi connectivity index (χ4n) is 8.22. The van der Waals surface area contributed by atoms with Gasteiger partial charge in [-0.2, -0.15) is 0 Å². The van der Waals surface area contributed by atoms with Gasteiger partial charge < -0.3 is 19.6 Å². The van der Waals surface area contributed by atoms with Gasteiger partial charge in [0.2, 0.25) is 5.91 Å². The van der Waals surface area contributed by atoms with E-state index in [4.69, 9.17) is 4.43 Å². The number of unbranched alkanes of at least 4 members (excludes halogenated alkanes) is 2. The Kier molecular flexibility index (Phi) is 11.6. The Morgan fingerprint density at radius 3 is 2.17 bits per heavy atom. The molecule has 7 nitrogen and oxygen atoms in total. The molecular formula is C43H55FN4O3Si. The minimum atomic E-state index is -2.84. The van der Waals surface area contributed by atoms with Crippen LogP contribution in [0.1, 0.15) is 90.9 Å². The summed E-state index contributed by atoms with van der Waals surface area (Å²) in [6, 6.07) is 26.9. The molecule has 52 heavy (non-hydrogen) atoms. The molecule has 1 unspecified atom stereocenters. The van der Waals surface area contributed by atoms with Crippen molar-refractivity contribution in [2.45, 2.75) is 96.2 Å². The first-order valence-corrected chi connectivity index (χ1v) is 20.9. The lowest BCUT2D eigenvalue weighted by atomic mass is 9.91. The molecule has 1 amide bonds. The number of ketones is 1. The van der Waals surface area contributed by atoms with Gasteiger partial charge in [0, 0.05) is 12.3 Å². The zero-order chi connectivity index (χ0) is 36.9. The average molecular weight is 723 g/mol. The molecule has 3 aromatic carbocycles. The van der Waals surface area contributed by atoms with Crippen LogP contribution >= 0.6 is 0 Å². The molecule has 6 rings (SSSR count). The minimum Gasteiger partial charge on any atom is -0.398 e. The van der Waals surface area contributed by atoms with Crippen LogP contribution in [0.25, 0.3) is 11.3 Å². The van der Waals surface area contributed by atoms with Crippen molar-refractivity contribution in [2.24, 2.45) is 11.3 Å². The number of benzene rings is 3. The van der Waals surface area contributed by atoms with Gasteiger partial charge in [0.15, 0.2) is 5.78 Å². The van der Waals surface area contributed by atoms with Crippen LogP contribution in [0.3, 0.4) is 0 Å². The third-order valence-electron chi connectivity index (χ3n) is 11.5. The van der Waals surface area contributed by atoms with E-state index in [2.05, 4.69) is 96.5 Å². The Morgan fingerprint density at radius 1 is 0.962 bits per heavy atom. The molecule has 0 bridgehead atoms. The fraction of sp³-hybridized carbons (Fsp3) is 0.465. The second-order valence-corrected chi connectivity index (χ2v) is 20.4. The summed E-state index contributed by atoms with van der Waals surface area (Å²) in [5, 5.41) is 5.47. The monoisotopic (exact) mass is 722 g/mol. The van der Waals surface area contributed by atoms with E-state index in [9.17, 15) is 14.0 Å². The van der Waals surface area contributed by atoms with Gasteiger partial charge in [-0.15, -0.1) is 0 Å². The molecule has 2 N–H and O–H groups in total. The van der Waals surface area contributed by atoms with Crippen LogP contribution in [0.15, 0.2) is 91.1 Å². The molecule has 2 aliphatic rings. The predicted molar refractivity (Wildman–Crippen MR) is 208 cm³/mol. The summed E-state index contributed by atoms with van der Waals surface area (Å²) in [5.74, 6) is 0.686. The summed E-state index contributed by atoms with van der Waals surface area (Å²) < 4.78 is 20.7. The van der Waals surface area contributed by atoms with Crippen molar-refractivity contribution in [2.75, 3.05) is 20.1 Å². The highest BCUT2D eigenvalue weighted by Gasteiger charge is 2.58. The molecule has 1 saturated carbocycles. The van der Waals surface area contributed by atoms with Gasteiger partial charge >= 0.3 is 0 Å². The van der Waals surface area contributed by atoms with E-state index in [0.717, 1.165) is 73.2 Å². The minimum absolute atomic E-state index is 0.0462. The lowest BCUT2D eigenvalue weighted by Crippen LogP contribution is -2.68. The maximum Gasteiger partial charge on any atom is 0.262 e. The molecule has 0 radical (unpaired) electrons. The molecule has 2 heterocycles. The number of rotatable bonds is 15. The number of carbonyl (C=O) groups is 2. The third kappa shape index (κ3) is 8.32. The van der Waals surface area contributed by atoms with Gasteiger partial charge in [-0.05, 0) is 110 Å². The van der Waals surface area contributed by atoms with Crippen molar-refractivity contribution in [3.8, 4) is 11.3 Å². The average Bonchev–Trinajstić information content (AvgIpc) is 3.62. The maximum absolute atomic E-state index is 13.7. The Balaban J connectivity index is 1.09. The van der Waals surface area contributed by atoms with E-state index in [1.165, 1.54) is 12.1 Å². The van der Waals surface area contributed by atoms with Crippen molar-refractivity contribution in [1.29, 1.82) is 0 Å². The first kappa shape index (κ1) is 37.8. The first-order chi connectivity index (χ1) is 24.9. The highest BCUT2D eigenvalue weighted by Crippen LogP contribution is 2.59. The van der Waals surface area contributed by atoms with E-state index in [-0.39, 0.29) is 39.9 Å². The quantitative estimate of drug-likeness (QED) is 0.0976. The number of aromatic amines is 1. The van der Waals surface area contributed by atoms with Gasteiger partial charge in [0.1, 0.15) is 17.7 Å². The van der Waals surface area contributed by atoms with Gasteiger partial charge in [-0.1, -0.05) is 94.3 Å². The van der Waals surface area contributed by atoms with E-state index in [1.54, 1.807) is 18.3 Å². The van der Waals surface area contributed by atoms with Gasteiger partial charge in [0.05, 0.1) is 17.9 Å². The van der Waals surface area contributed by atoms with Crippen LogP contribution in [-0.2, 0) is 14.0 Å². The topological polar surface area (TPSA) is 87.3 Å². The molecule has 2 fully saturated rings. The van der Waals surface area contributed by atoms with Crippen molar-refractivity contribution >= 4 is 30.4 Å². The summed E-state index contributed by atoms with van der Waals surface area (Å²) >= 11 is 0. The second kappa shape index (κ2) is 16.0. The van der Waals surface area contributed by atoms with Crippen LogP contribution < -0.4 is 15.7 Å². The number of carbonyl (C=O) groups excluding carboxylic acids is 2. The molecule has 9 heteroatoms. The number of halogens is 1. The van der Waals surface area contributed by atoms with Gasteiger partial charge in [0.25, 0.3) is 8.32 Å². The molecule has 4 aromatic rings. The summed E-state index contributed by atoms with van der Waals surface area (Å²) in [6.07, 6.45) is 7.84. The van der Waals surface area contributed by atoms with E-state index < -0.39 is 14.4 Å². The Hall–Kier alpha value is -3.92. The number of aromatic nitrogens is 2. The lowest BCUT2D eigenvalue weighted by molar-refractivity contribution is -0.125. The third-order valence-corrected chi connectivity index (χ3v) is 16.6. The lowest BCUT2D eigenvalue weighted by Gasteiger charge is -2.44. The normalized spacial score (nSPS) is 18.5. The van der Waals surface area contributed by atoms with E-state index in [1.807, 2.05) is 19.1 Å². The number of hydrogen-bond donors (Lipinski definition) is 2. The summed E-state index contributed by atoms with van der Waals surface area (Å²) in [4.78, 5) is 37.7. The van der Waals surface area contributed by atoms with Crippen molar-refractivity contribution in [3.05, 3.63) is 103 Å². The molecule has 1 saturated heterocycles. The van der Waals surface area contributed by atoms with Crippen LogP contribution in [0.4, 0.5) is 4.39 Å². The zero-order valence-electron chi connectivity index (χ0n) is 31.5. The molecule has 1 spiro atoms. The number of likely N-dealkylation sites (tertiary alicyclic amines) is 1. The number of imidazole rings is 1. The summed E-state index contributed by atoms with van der Waals surface area (Å²) in [6.45, 7) is 10.7. The Labute approximate surface area is 309 Å². The summed E-state index contributed by atoms with van der Waals surface area (Å²) in [7, 11) is -0.692. The fourth-order valence-corrected chi connectivity index (χ4v) is 12.9. The molecule has 1 aliphatic heterocycles. The second-order valence-electron chi connectivity index (χ2n) is 16.2. The predicted octanol–water partition coefficient (Wildman–Crippen LogP) is 7.59. The molecule has 1 aliphatic carbocycles. The van der Waals surface area contributed by atoms with Crippen LogP contribution in [0.5, 0.6) is 0 Å². The zero-order valence-corrected chi connectivity index (χ0v) is 32.5. The van der Waals surface area contributed by atoms with E-state index >= 15 is 0 Å². The largest absolute Gasteiger partial charge is 0.398 e. The van der Waals surface area contributed by atoms with Crippen LogP contribution in [0.2, 0.25) is 5.04 Å². The number of amides is 1. The highest BCUT2D eigenvalue weighted by molar-refractivity contribution is 6.99. The smallest absolute Gasteiger partial charge is 0.262 e. The van der Waals surface area contributed by atoms with Gasteiger partial charge in [-0.25, -0.2) is 9.37 Å². The number of Topliss-reactive ketones (excluding diaryl/α,β-unsaturated/α-hetero) is 1. The molecule has 3 atom stereocenters. The molecule has 276 valence electrons. The Morgan fingerprint density at radius 2 is 1.58 bits per heavy atom. The Bertz CT molecular complexity index is 1740. The van der Waals surface area contributed by atoms with Crippen LogP contribution in [0, 0.1) is 17.2 Å².